The molecule has 1 heterocycles. The Morgan fingerprint density at radius 3 is 2.94 bits per heavy atom. The Balaban J connectivity index is 2.13. The highest BCUT2D eigenvalue weighted by molar-refractivity contribution is 9.10. The quantitative estimate of drug-likeness (QED) is 0.680. The zero-order chi connectivity index (χ0) is 12.1. The zero-order valence-corrected chi connectivity index (χ0v) is 10.8. The lowest BCUT2D eigenvalue weighted by Gasteiger charge is -1.97. The summed E-state index contributed by atoms with van der Waals surface area (Å²) < 4.78 is 6.49. The van der Waals surface area contributed by atoms with Crippen molar-refractivity contribution >= 4 is 15.9 Å². The van der Waals surface area contributed by atoms with Crippen LogP contribution in [0.2, 0.25) is 0 Å². The first kappa shape index (κ1) is 12.0. The molecule has 1 N–H and O–H groups in total. The predicted molar refractivity (Wildman–Crippen MR) is 69.3 cm³/mol. The fourth-order valence-electron chi connectivity index (χ4n) is 1.35. The van der Waals surface area contributed by atoms with E-state index in [0.29, 0.717) is 24.9 Å². The number of rotatable bonds is 5. The molecule has 2 rings (SSSR count). The van der Waals surface area contributed by atoms with Crippen LogP contribution in [0.1, 0.15) is 5.89 Å². The molecule has 0 amide bonds. The van der Waals surface area contributed by atoms with E-state index in [1.54, 1.807) is 6.08 Å². The third-order valence-corrected chi connectivity index (χ3v) is 2.83. The molecule has 4 nitrogen and oxygen atoms in total. The number of nitrogens with one attached hydrogen (secondary N) is 1. The van der Waals surface area contributed by atoms with Gasteiger partial charge in [0.25, 0.3) is 0 Å². The van der Waals surface area contributed by atoms with Crippen LogP contribution in [0.5, 0.6) is 0 Å². The molecule has 0 atom stereocenters. The van der Waals surface area contributed by atoms with E-state index in [9.17, 15) is 0 Å². The molecule has 1 aromatic carbocycles. The fraction of sp³-hybridized carbons (Fsp3) is 0.167. The standard InChI is InChI=1S/C12H12BrN3O/c1-2-7-14-8-11-15-16-12(17-11)9-5-3-4-6-10(9)13/h2-6,14H,1,7-8H2. The second-order valence-corrected chi connectivity index (χ2v) is 4.25. The van der Waals surface area contributed by atoms with Gasteiger partial charge < -0.3 is 9.73 Å². The second kappa shape index (κ2) is 5.75. The SMILES string of the molecule is C=CCNCc1nnc(-c2ccccc2Br)o1. The minimum absolute atomic E-state index is 0.521. The molecule has 0 bridgehead atoms. The van der Waals surface area contributed by atoms with Gasteiger partial charge in [-0.15, -0.1) is 16.8 Å². The molecule has 0 aliphatic heterocycles. The average Bonchev–Trinajstić information content (AvgIpc) is 2.79. The summed E-state index contributed by atoms with van der Waals surface area (Å²) in [5, 5.41) is 11.1. The van der Waals surface area contributed by atoms with Crippen molar-refractivity contribution in [2.24, 2.45) is 0 Å². The molecule has 88 valence electrons. The Bertz CT molecular complexity index is 510. The Morgan fingerprint density at radius 2 is 2.18 bits per heavy atom. The van der Waals surface area contributed by atoms with Crippen LogP contribution in [-0.2, 0) is 6.54 Å². The van der Waals surface area contributed by atoms with E-state index in [1.807, 2.05) is 24.3 Å². The van der Waals surface area contributed by atoms with E-state index >= 15 is 0 Å². The average molecular weight is 294 g/mol. The molecule has 1 aromatic heterocycles. The van der Waals surface area contributed by atoms with E-state index in [0.717, 1.165) is 10.0 Å². The van der Waals surface area contributed by atoms with Gasteiger partial charge in [-0.05, 0) is 28.1 Å². The first-order chi connectivity index (χ1) is 8.31. The molecule has 0 aliphatic carbocycles. The number of benzene rings is 1. The topological polar surface area (TPSA) is 51.0 Å². The van der Waals surface area contributed by atoms with Gasteiger partial charge in [-0.3, -0.25) is 0 Å². The maximum atomic E-state index is 5.55. The Labute approximate surface area is 108 Å². The summed E-state index contributed by atoms with van der Waals surface area (Å²) in [7, 11) is 0. The van der Waals surface area contributed by atoms with Crippen molar-refractivity contribution in [1.82, 2.24) is 15.5 Å². The van der Waals surface area contributed by atoms with Crippen LogP contribution in [0.3, 0.4) is 0 Å². The molecular weight excluding hydrogens is 282 g/mol. The van der Waals surface area contributed by atoms with Crippen molar-refractivity contribution < 1.29 is 4.42 Å². The summed E-state index contributed by atoms with van der Waals surface area (Å²) in [6.45, 7) is 4.88. The van der Waals surface area contributed by atoms with Crippen LogP contribution in [0.25, 0.3) is 11.5 Å². The molecule has 17 heavy (non-hydrogen) atoms. The minimum atomic E-state index is 0.521. The molecule has 0 saturated heterocycles. The largest absolute Gasteiger partial charge is 0.419 e. The fourth-order valence-corrected chi connectivity index (χ4v) is 1.80. The van der Waals surface area contributed by atoms with Gasteiger partial charge in [0.2, 0.25) is 11.8 Å². The van der Waals surface area contributed by atoms with Crippen molar-refractivity contribution in [3.63, 3.8) is 0 Å². The smallest absolute Gasteiger partial charge is 0.248 e. The molecule has 0 spiro atoms. The summed E-state index contributed by atoms with van der Waals surface area (Å²) in [5.74, 6) is 1.09. The third kappa shape index (κ3) is 3.01. The van der Waals surface area contributed by atoms with Gasteiger partial charge in [-0.1, -0.05) is 18.2 Å². The van der Waals surface area contributed by atoms with Crippen LogP contribution in [-0.4, -0.2) is 16.7 Å². The van der Waals surface area contributed by atoms with E-state index in [2.05, 4.69) is 38.0 Å². The number of aromatic nitrogens is 2. The van der Waals surface area contributed by atoms with Gasteiger partial charge >= 0.3 is 0 Å². The number of halogens is 1. The van der Waals surface area contributed by atoms with Crippen LogP contribution in [0, 0.1) is 0 Å². The number of nitrogens with zero attached hydrogens (tertiary/aromatic N) is 2. The molecule has 0 unspecified atom stereocenters. The molecule has 5 heteroatoms. The van der Waals surface area contributed by atoms with Gasteiger partial charge in [0.05, 0.1) is 12.1 Å². The van der Waals surface area contributed by atoms with Crippen molar-refractivity contribution in [2.45, 2.75) is 6.54 Å². The molecule has 0 aliphatic rings. The van der Waals surface area contributed by atoms with E-state index in [4.69, 9.17) is 4.42 Å². The Hall–Kier alpha value is -1.46. The van der Waals surface area contributed by atoms with E-state index in [-0.39, 0.29) is 0 Å². The normalized spacial score (nSPS) is 10.4. The lowest BCUT2D eigenvalue weighted by atomic mass is 10.2. The molecule has 0 saturated carbocycles. The minimum Gasteiger partial charge on any atom is -0.419 e. The van der Waals surface area contributed by atoms with Crippen LogP contribution in [0.15, 0.2) is 45.8 Å². The summed E-state index contributed by atoms with van der Waals surface area (Å²) in [6.07, 6.45) is 1.78. The van der Waals surface area contributed by atoms with Crippen molar-refractivity contribution in [3.8, 4) is 11.5 Å². The molecule has 2 aromatic rings. The first-order valence-electron chi connectivity index (χ1n) is 5.20. The Kier molecular flexibility index (Phi) is 4.06. The van der Waals surface area contributed by atoms with Crippen molar-refractivity contribution in [3.05, 3.63) is 47.3 Å². The molecule has 0 radical (unpaired) electrons. The zero-order valence-electron chi connectivity index (χ0n) is 9.19. The third-order valence-electron chi connectivity index (χ3n) is 2.14. The van der Waals surface area contributed by atoms with Gasteiger partial charge in [0, 0.05) is 11.0 Å². The number of hydrogen-bond acceptors (Lipinski definition) is 4. The van der Waals surface area contributed by atoms with E-state index in [1.165, 1.54) is 0 Å². The molecular formula is C12H12BrN3O. The highest BCUT2D eigenvalue weighted by Crippen LogP contribution is 2.26. The summed E-state index contributed by atoms with van der Waals surface area (Å²) >= 11 is 3.45. The van der Waals surface area contributed by atoms with Crippen LogP contribution >= 0.6 is 15.9 Å². The van der Waals surface area contributed by atoms with Crippen molar-refractivity contribution in [1.29, 1.82) is 0 Å². The number of hydrogen-bond donors (Lipinski definition) is 1. The van der Waals surface area contributed by atoms with E-state index < -0.39 is 0 Å². The summed E-state index contributed by atoms with van der Waals surface area (Å²) in [6, 6.07) is 7.74. The Morgan fingerprint density at radius 1 is 1.35 bits per heavy atom. The van der Waals surface area contributed by atoms with Crippen LogP contribution < -0.4 is 5.32 Å². The second-order valence-electron chi connectivity index (χ2n) is 3.40. The van der Waals surface area contributed by atoms with Crippen LogP contribution in [0.4, 0.5) is 0 Å². The van der Waals surface area contributed by atoms with Gasteiger partial charge in [-0.2, -0.15) is 0 Å². The predicted octanol–water partition coefficient (Wildman–Crippen LogP) is 2.77. The maximum absolute atomic E-state index is 5.55. The van der Waals surface area contributed by atoms with Gasteiger partial charge in [0.15, 0.2) is 0 Å². The summed E-state index contributed by atoms with van der Waals surface area (Å²) in [5.41, 5.74) is 0.898. The summed E-state index contributed by atoms with van der Waals surface area (Å²) in [4.78, 5) is 0. The highest BCUT2D eigenvalue weighted by atomic mass is 79.9. The lowest BCUT2D eigenvalue weighted by Crippen LogP contribution is -2.12. The van der Waals surface area contributed by atoms with Gasteiger partial charge in [-0.25, -0.2) is 0 Å². The monoisotopic (exact) mass is 293 g/mol. The molecule has 0 fully saturated rings. The highest BCUT2D eigenvalue weighted by Gasteiger charge is 2.10. The van der Waals surface area contributed by atoms with Gasteiger partial charge in [0.1, 0.15) is 0 Å². The lowest BCUT2D eigenvalue weighted by molar-refractivity contribution is 0.485. The maximum Gasteiger partial charge on any atom is 0.248 e. The first-order valence-corrected chi connectivity index (χ1v) is 5.99. The van der Waals surface area contributed by atoms with Crippen molar-refractivity contribution in [2.75, 3.05) is 6.54 Å².